The van der Waals surface area contributed by atoms with Crippen molar-refractivity contribution < 1.29 is 4.79 Å². The molecule has 196 valence electrons. The number of imidazole rings is 1. The largest absolute Gasteiger partial charge is 0.328 e. The highest BCUT2D eigenvalue weighted by Crippen LogP contribution is 2.40. The van der Waals surface area contributed by atoms with Crippen LogP contribution >= 0.6 is 0 Å². The highest BCUT2D eigenvalue weighted by Gasteiger charge is 2.40. The molecule has 38 heavy (non-hydrogen) atoms. The standard InChI is InChI=1S/C33H38N4O/c1-33(2,3)30(37(23-26-19-20-34-21-26)32(38)28-17-11-6-12-18-28)31-35-29(27-15-9-5-10-16-27)24-36(31)22-25-13-7-4-8-14-25/h4-18,24,26,30,34H,19-23H2,1-3H3/t26-,30-/m0/s1. The molecule has 0 bridgehead atoms. The van der Waals surface area contributed by atoms with E-state index in [9.17, 15) is 4.79 Å². The van der Waals surface area contributed by atoms with Crippen molar-refractivity contribution in [2.75, 3.05) is 19.6 Å². The van der Waals surface area contributed by atoms with Gasteiger partial charge in [-0.05, 0) is 48.5 Å². The van der Waals surface area contributed by atoms with Gasteiger partial charge in [-0.1, -0.05) is 99.6 Å². The zero-order valence-corrected chi connectivity index (χ0v) is 22.7. The lowest BCUT2D eigenvalue weighted by Crippen LogP contribution is -2.45. The van der Waals surface area contributed by atoms with Crippen LogP contribution in [0.5, 0.6) is 0 Å². The number of amides is 1. The van der Waals surface area contributed by atoms with Gasteiger partial charge < -0.3 is 14.8 Å². The fourth-order valence-electron chi connectivity index (χ4n) is 5.50. The third-order valence-electron chi connectivity index (χ3n) is 7.35. The average molecular weight is 507 g/mol. The summed E-state index contributed by atoms with van der Waals surface area (Å²) >= 11 is 0. The number of nitrogens with zero attached hydrogens (tertiary/aromatic N) is 3. The van der Waals surface area contributed by atoms with Crippen molar-refractivity contribution in [2.45, 2.75) is 39.8 Å². The van der Waals surface area contributed by atoms with Crippen molar-refractivity contribution in [2.24, 2.45) is 11.3 Å². The number of aromatic nitrogens is 2. The zero-order chi connectivity index (χ0) is 26.5. The lowest BCUT2D eigenvalue weighted by atomic mass is 9.83. The third kappa shape index (κ3) is 5.89. The second-order valence-corrected chi connectivity index (χ2v) is 11.4. The number of benzene rings is 3. The Morgan fingerprint density at radius 2 is 1.61 bits per heavy atom. The van der Waals surface area contributed by atoms with E-state index >= 15 is 0 Å². The van der Waals surface area contributed by atoms with Gasteiger partial charge >= 0.3 is 0 Å². The quantitative estimate of drug-likeness (QED) is 0.299. The van der Waals surface area contributed by atoms with Crippen LogP contribution in [0.3, 0.4) is 0 Å². The minimum atomic E-state index is -0.246. The molecule has 1 amide bonds. The summed E-state index contributed by atoms with van der Waals surface area (Å²) in [4.78, 5) is 21.6. The van der Waals surface area contributed by atoms with E-state index in [1.165, 1.54) is 5.56 Å². The van der Waals surface area contributed by atoms with Crippen molar-refractivity contribution in [3.05, 3.63) is 114 Å². The van der Waals surface area contributed by atoms with Crippen LogP contribution in [-0.4, -0.2) is 40.0 Å². The molecule has 5 heteroatoms. The Morgan fingerprint density at radius 1 is 0.974 bits per heavy atom. The Balaban J connectivity index is 1.64. The maximum absolute atomic E-state index is 14.2. The lowest BCUT2D eigenvalue weighted by molar-refractivity contribution is 0.0437. The van der Waals surface area contributed by atoms with E-state index in [1.807, 2.05) is 54.6 Å². The summed E-state index contributed by atoms with van der Waals surface area (Å²) in [6.45, 7) is 9.99. The van der Waals surface area contributed by atoms with Gasteiger partial charge in [0.15, 0.2) is 0 Å². The molecule has 0 unspecified atom stereocenters. The molecule has 1 N–H and O–H groups in total. The van der Waals surface area contributed by atoms with Gasteiger partial charge in [-0.15, -0.1) is 0 Å². The molecule has 3 aromatic carbocycles. The maximum Gasteiger partial charge on any atom is 0.254 e. The summed E-state index contributed by atoms with van der Waals surface area (Å²) in [5, 5.41) is 3.48. The zero-order valence-electron chi connectivity index (χ0n) is 22.7. The predicted molar refractivity (Wildman–Crippen MR) is 154 cm³/mol. The minimum absolute atomic E-state index is 0.0629. The highest BCUT2D eigenvalue weighted by atomic mass is 16.2. The topological polar surface area (TPSA) is 50.2 Å². The summed E-state index contributed by atoms with van der Waals surface area (Å²) in [5.41, 5.74) is 3.69. The smallest absolute Gasteiger partial charge is 0.254 e. The predicted octanol–water partition coefficient (Wildman–Crippen LogP) is 6.44. The monoisotopic (exact) mass is 506 g/mol. The molecule has 0 radical (unpaired) electrons. The molecule has 2 heterocycles. The first-order chi connectivity index (χ1) is 18.4. The van der Waals surface area contributed by atoms with Gasteiger partial charge in [0.25, 0.3) is 5.91 Å². The normalized spacial score (nSPS) is 16.3. The Hall–Kier alpha value is -3.70. The molecule has 1 aliphatic rings. The van der Waals surface area contributed by atoms with E-state index in [2.05, 4.69) is 78.2 Å². The SMILES string of the molecule is CC(C)(C)[C@H](c1nc(-c2ccccc2)cn1Cc1ccccc1)N(C[C@H]1CCNC1)C(=O)c1ccccc1. The second kappa shape index (κ2) is 11.4. The van der Waals surface area contributed by atoms with Gasteiger partial charge in [-0.25, -0.2) is 4.98 Å². The summed E-state index contributed by atoms with van der Waals surface area (Å²) in [5.74, 6) is 1.40. The summed E-state index contributed by atoms with van der Waals surface area (Å²) in [7, 11) is 0. The molecule has 5 nitrogen and oxygen atoms in total. The number of carbonyl (C=O) groups excluding carboxylic acids is 1. The Kier molecular flexibility index (Phi) is 7.75. The molecule has 1 aromatic heterocycles. The fraction of sp³-hybridized carbons (Fsp3) is 0.333. The van der Waals surface area contributed by atoms with Crippen LogP contribution in [0.15, 0.2) is 97.2 Å². The third-order valence-corrected chi connectivity index (χ3v) is 7.35. The molecule has 0 saturated carbocycles. The second-order valence-electron chi connectivity index (χ2n) is 11.4. The van der Waals surface area contributed by atoms with E-state index in [4.69, 9.17) is 4.98 Å². The molecule has 1 saturated heterocycles. The molecule has 4 aromatic rings. The molecule has 5 rings (SSSR count). The van der Waals surface area contributed by atoms with Crippen molar-refractivity contribution in [1.29, 1.82) is 0 Å². The van der Waals surface area contributed by atoms with E-state index in [0.29, 0.717) is 19.0 Å². The first kappa shape index (κ1) is 25.9. The Labute approximate surface area is 226 Å². The molecule has 1 fully saturated rings. The Bertz CT molecular complexity index is 1320. The van der Waals surface area contributed by atoms with Crippen molar-refractivity contribution in [1.82, 2.24) is 19.8 Å². The van der Waals surface area contributed by atoms with Gasteiger partial charge in [0.05, 0.1) is 11.7 Å². The van der Waals surface area contributed by atoms with Crippen LogP contribution in [-0.2, 0) is 6.54 Å². The fourth-order valence-corrected chi connectivity index (χ4v) is 5.50. The van der Waals surface area contributed by atoms with Crippen molar-refractivity contribution in [3.63, 3.8) is 0 Å². The van der Waals surface area contributed by atoms with Crippen LogP contribution in [0.1, 0.15) is 55.0 Å². The van der Waals surface area contributed by atoms with Crippen LogP contribution < -0.4 is 5.32 Å². The average Bonchev–Trinajstić information content (AvgIpc) is 3.59. The highest BCUT2D eigenvalue weighted by molar-refractivity contribution is 5.94. The van der Waals surface area contributed by atoms with Gasteiger partial charge in [-0.3, -0.25) is 4.79 Å². The number of nitrogens with one attached hydrogen (secondary N) is 1. The summed E-state index contributed by atoms with van der Waals surface area (Å²) in [6, 6.07) is 30.3. The van der Waals surface area contributed by atoms with Gasteiger partial charge in [0.2, 0.25) is 0 Å². The Morgan fingerprint density at radius 3 is 2.21 bits per heavy atom. The summed E-state index contributed by atoms with van der Waals surface area (Å²) in [6.07, 6.45) is 3.22. The number of hydrogen-bond acceptors (Lipinski definition) is 3. The first-order valence-electron chi connectivity index (χ1n) is 13.6. The molecule has 1 aliphatic heterocycles. The van der Waals surface area contributed by atoms with E-state index in [-0.39, 0.29) is 17.4 Å². The van der Waals surface area contributed by atoms with Crippen LogP contribution in [0, 0.1) is 11.3 Å². The van der Waals surface area contributed by atoms with Crippen LogP contribution in [0.2, 0.25) is 0 Å². The number of hydrogen-bond donors (Lipinski definition) is 1. The lowest BCUT2D eigenvalue weighted by Gasteiger charge is -2.41. The van der Waals surface area contributed by atoms with Crippen molar-refractivity contribution >= 4 is 5.91 Å². The maximum atomic E-state index is 14.2. The molecule has 0 aliphatic carbocycles. The van der Waals surface area contributed by atoms with E-state index in [0.717, 1.165) is 42.2 Å². The van der Waals surface area contributed by atoms with Crippen LogP contribution in [0.25, 0.3) is 11.3 Å². The molecule has 0 spiro atoms. The van der Waals surface area contributed by atoms with Gasteiger partial charge in [0.1, 0.15) is 5.82 Å². The van der Waals surface area contributed by atoms with E-state index in [1.54, 1.807) is 0 Å². The number of rotatable bonds is 8. The molecular weight excluding hydrogens is 468 g/mol. The van der Waals surface area contributed by atoms with Gasteiger partial charge in [-0.2, -0.15) is 0 Å². The van der Waals surface area contributed by atoms with E-state index < -0.39 is 0 Å². The summed E-state index contributed by atoms with van der Waals surface area (Å²) < 4.78 is 2.26. The molecular formula is C33H38N4O. The first-order valence-corrected chi connectivity index (χ1v) is 13.6. The minimum Gasteiger partial charge on any atom is -0.328 e. The number of carbonyl (C=O) groups is 1. The van der Waals surface area contributed by atoms with Crippen LogP contribution in [0.4, 0.5) is 0 Å². The molecule has 2 atom stereocenters. The van der Waals surface area contributed by atoms with Gasteiger partial charge in [0, 0.05) is 30.4 Å². The van der Waals surface area contributed by atoms with Crippen molar-refractivity contribution in [3.8, 4) is 11.3 Å².